The van der Waals surface area contributed by atoms with E-state index in [-0.39, 0.29) is 22.2 Å². The average Bonchev–Trinajstić information content (AvgIpc) is 2.44. The summed E-state index contributed by atoms with van der Waals surface area (Å²) in [6.07, 6.45) is 0. The number of carbonyl (C=O) groups excluding carboxylic acids is 1. The van der Waals surface area contributed by atoms with Gasteiger partial charge in [-0.05, 0) is 42.7 Å². The fourth-order valence-corrected chi connectivity index (χ4v) is 4.56. The quantitative estimate of drug-likeness (QED) is 0.603. The number of aliphatic imine (C=N–C) groups is 1. The van der Waals surface area contributed by atoms with Gasteiger partial charge in [0.25, 0.3) is 5.91 Å². The monoisotopic (exact) mass is 343 g/mol. The van der Waals surface area contributed by atoms with Crippen LogP contribution in [0.1, 0.15) is 27.0 Å². The normalized spacial score (nSPS) is 14.4. The predicted octanol–water partition coefficient (Wildman–Crippen LogP) is 1.67. The minimum Gasteiger partial charge on any atom is -0.370 e. The number of aryl methyl sites for hydroxylation is 2. The molecule has 0 saturated heterocycles. The summed E-state index contributed by atoms with van der Waals surface area (Å²) < 4.78 is 25.3. The standard InChI is InChI=1S/C17H17N3O3S/c1-9-3-4-12-11(5-9)8-24(22,23)15-7-13(10(2)6-14(12)15)16(21)20-17(18)19/h3-7H,8H2,1-2H3,(H4,18,19,20,21). The summed E-state index contributed by atoms with van der Waals surface area (Å²) in [4.78, 5) is 15.8. The predicted molar refractivity (Wildman–Crippen MR) is 92.4 cm³/mol. The van der Waals surface area contributed by atoms with E-state index in [1.807, 2.05) is 25.1 Å². The van der Waals surface area contributed by atoms with Gasteiger partial charge < -0.3 is 11.5 Å². The molecule has 0 saturated carbocycles. The third-order valence-corrected chi connectivity index (χ3v) is 5.72. The maximum Gasteiger partial charge on any atom is 0.280 e. The van der Waals surface area contributed by atoms with Gasteiger partial charge in [0.05, 0.1) is 10.6 Å². The van der Waals surface area contributed by atoms with E-state index in [1.165, 1.54) is 6.07 Å². The van der Waals surface area contributed by atoms with E-state index in [2.05, 4.69) is 4.99 Å². The lowest BCUT2D eigenvalue weighted by atomic mass is 9.95. The molecular weight excluding hydrogens is 326 g/mol. The summed E-state index contributed by atoms with van der Waals surface area (Å²) in [6, 6.07) is 8.81. The van der Waals surface area contributed by atoms with Crippen LogP contribution in [0.4, 0.5) is 0 Å². The molecule has 0 spiro atoms. The highest BCUT2D eigenvalue weighted by Gasteiger charge is 2.29. The van der Waals surface area contributed by atoms with Gasteiger partial charge in [0.15, 0.2) is 15.8 Å². The number of hydrogen-bond acceptors (Lipinski definition) is 3. The number of benzene rings is 2. The lowest BCUT2D eigenvalue weighted by Gasteiger charge is -2.22. The Bertz CT molecular complexity index is 1000. The molecule has 0 radical (unpaired) electrons. The number of carbonyl (C=O) groups is 1. The molecule has 1 aliphatic rings. The number of rotatable bonds is 1. The van der Waals surface area contributed by atoms with Crippen molar-refractivity contribution in [2.45, 2.75) is 24.5 Å². The van der Waals surface area contributed by atoms with E-state index < -0.39 is 15.7 Å². The molecule has 1 aliphatic heterocycles. The van der Waals surface area contributed by atoms with Crippen LogP contribution in [0.5, 0.6) is 0 Å². The summed E-state index contributed by atoms with van der Waals surface area (Å²) in [5, 5.41) is 0. The number of amides is 1. The highest BCUT2D eigenvalue weighted by molar-refractivity contribution is 7.90. The number of nitrogens with zero attached hydrogens (tertiary/aromatic N) is 1. The van der Waals surface area contributed by atoms with Crippen LogP contribution in [0.25, 0.3) is 11.1 Å². The van der Waals surface area contributed by atoms with E-state index in [9.17, 15) is 13.2 Å². The molecule has 1 heterocycles. The molecule has 0 atom stereocenters. The largest absolute Gasteiger partial charge is 0.370 e. The van der Waals surface area contributed by atoms with E-state index >= 15 is 0 Å². The van der Waals surface area contributed by atoms with Crippen LogP contribution in [-0.4, -0.2) is 20.3 Å². The first kappa shape index (κ1) is 16.2. The van der Waals surface area contributed by atoms with Gasteiger partial charge in [0.1, 0.15) is 0 Å². The molecule has 4 N–H and O–H groups in total. The smallest absolute Gasteiger partial charge is 0.280 e. The summed E-state index contributed by atoms with van der Waals surface area (Å²) >= 11 is 0. The summed E-state index contributed by atoms with van der Waals surface area (Å²) in [6.45, 7) is 3.65. The Kier molecular flexibility index (Phi) is 3.68. The van der Waals surface area contributed by atoms with Crippen molar-refractivity contribution in [2.24, 2.45) is 16.5 Å². The fourth-order valence-electron chi connectivity index (χ4n) is 2.95. The zero-order valence-electron chi connectivity index (χ0n) is 13.3. The van der Waals surface area contributed by atoms with Gasteiger partial charge in [-0.1, -0.05) is 23.8 Å². The first-order valence-corrected chi connectivity index (χ1v) is 8.95. The van der Waals surface area contributed by atoms with Gasteiger partial charge in [-0.25, -0.2) is 8.42 Å². The van der Waals surface area contributed by atoms with Crippen LogP contribution in [0.2, 0.25) is 0 Å². The topological polar surface area (TPSA) is 116 Å². The molecule has 0 aliphatic carbocycles. The van der Waals surface area contributed by atoms with Crippen LogP contribution in [0.3, 0.4) is 0 Å². The molecule has 0 unspecified atom stereocenters. The SMILES string of the molecule is Cc1ccc2c(c1)CS(=O)(=O)c1cc(C(=O)N=C(N)N)c(C)cc1-2. The summed E-state index contributed by atoms with van der Waals surface area (Å²) in [5.41, 5.74) is 14.5. The molecular formula is C17H17N3O3S. The Morgan fingerprint density at radius 1 is 1.08 bits per heavy atom. The number of nitrogens with two attached hydrogens (primary N) is 2. The maximum atomic E-state index is 12.7. The Labute approximate surface area is 140 Å². The van der Waals surface area contributed by atoms with Gasteiger partial charge in [-0.2, -0.15) is 4.99 Å². The van der Waals surface area contributed by atoms with E-state index in [1.54, 1.807) is 13.0 Å². The van der Waals surface area contributed by atoms with Crippen molar-refractivity contribution >= 4 is 21.7 Å². The van der Waals surface area contributed by atoms with Gasteiger partial charge in [0.2, 0.25) is 0 Å². The number of guanidine groups is 1. The Morgan fingerprint density at radius 2 is 1.79 bits per heavy atom. The zero-order chi connectivity index (χ0) is 17.6. The molecule has 7 heteroatoms. The van der Waals surface area contributed by atoms with Gasteiger partial charge in [-0.15, -0.1) is 0 Å². The molecule has 1 amide bonds. The van der Waals surface area contributed by atoms with Crippen molar-refractivity contribution in [3.8, 4) is 11.1 Å². The molecule has 0 bridgehead atoms. The second-order valence-corrected chi connectivity index (χ2v) is 7.88. The Morgan fingerprint density at radius 3 is 2.46 bits per heavy atom. The lowest BCUT2D eigenvalue weighted by molar-refractivity contribution is 0.100. The first-order chi connectivity index (χ1) is 11.2. The van der Waals surface area contributed by atoms with Crippen LogP contribution in [0.15, 0.2) is 40.2 Å². The zero-order valence-corrected chi connectivity index (χ0v) is 14.1. The van der Waals surface area contributed by atoms with Crippen LogP contribution >= 0.6 is 0 Å². The minimum absolute atomic E-state index is 0.0873. The molecule has 124 valence electrons. The van der Waals surface area contributed by atoms with Crippen molar-refractivity contribution in [3.63, 3.8) is 0 Å². The maximum absolute atomic E-state index is 12.7. The Hall–Kier alpha value is -2.67. The first-order valence-electron chi connectivity index (χ1n) is 7.30. The molecule has 6 nitrogen and oxygen atoms in total. The lowest BCUT2D eigenvalue weighted by Crippen LogP contribution is -2.24. The van der Waals surface area contributed by atoms with E-state index in [0.717, 1.165) is 16.7 Å². The van der Waals surface area contributed by atoms with Crippen molar-refractivity contribution < 1.29 is 13.2 Å². The van der Waals surface area contributed by atoms with Gasteiger partial charge >= 0.3 is 0 Å². The van der Waals surface area contributed by atoms with E-state index in [4.69, 9.17) is 11.5 Å². The molecule has 2 aromatic carbocycles. The van der Waals surface area contributed by atoms with Crippen molar-refractivity contribution in [1.82, 2.24) is 0 Å². The van der Waals surface area contributed by atoms with Gasteiger partial charge in [-0.3, -0.25) is 4.79 Å². The number of hydrogen-bond donors (Lipinski definition) is 2. The number of fused-ring (bicyclic) bond motifs is 3. The molecule has 0 aromatic heterocycles. The second-order valence-electron chi connectivity index (χ2n) is 5.92. The summed E-state index contributed by atoms with van der Waals surface area (Å²) in [5.74, 6) is -1.10. The van der Waals surface area contributed by atoms with Crippen LogP contribution < -0.4 is 11.5 Å². The fraction of sp³-hybridized carbons (Fsp3) is 0.176. The highest BCUT2D eigenvalue weighted by Crippen LogP contribution is 2.39. The van der Waals surface area contributed by atoms with Gasteiger partial charge in [0, 0.05) is 11.1 Å². The molecule has 3 rings (SSSR count). The van der Waals surface area contributed by atoms with Crippen LogP contribution in [0, 0.1) is 13.8 Å². The Balaban J connectivity index is 2.28. The second kappa shape index (κ2) is 5.45. The van der Waals surface area contributed by atoms with Crippen molar-refractivity contribution in [2.75, 3.05) is 0 Å². The highest BCUT2D eigenvalue weighted by atomic mass is 32.2. The average molecular weight is 343 g/mol. The number of sulfone groups is 1. The summed E-state index contributed by atoms with van der Waals surface area (Å²) in [7, 11) is -3.54. The molecule has 2 aromatic rings. The van der Waals surface area contributed by atoms with Crippen molar-refractivity contribution in [3.05, 3.63) is 52.6 Å². The molecule has 0 fully saturated rings. The third-order valence-electron chi connectivity index (χ3n) is 4.02. The minimum atomic E-state index is -3.54. The van der Waals surface area contributed by atoms with Crippen molar-refractivity contribution in [1.29, 1.82) is 0 Å². The van der Waals surface area contributed by atoms with Crippen LogP contribution in [-0.2, 0) is 15.6 Å². The molecule has 24 heavy (non-hydrogen) atoms. The van der Waals surface area contributed by atoms with E-state index in [0.29, 0.717) is 11.1 Å². The third kappa shape index (κ3) is 2.67.